The number of hydrogen-bond donors (Lipinski definition) is 2. The van der Waals surface area contributed by atoms with Gasteiger partial charge in [0.1, 0.15) is 0 Å². The first kappa shape index (κ1) is 20.4. The Morgan fingerprint density at radius 3 is 1.93 bits per heavy atom. The maximum Gasteiger partial charge on any atom is 0.416 e. The van der Waals surface area contributed by atoms with E-state index < -0.39 is 27.6 Å². The molecule has 0 aliphatic heterocycles. The zero-order chi connectivity index (χ0) is 21.1. The van der Waals surface area contributed by atoms with Crippen molar-refractivity contribution in [2.75, 3.05) is 10.6 Å². The second-order valence-electron chi connectivity index (χ2n) is 6.00. The van der Waals surface area contributed by atoms with Gasteiger partial charge in [-0.1, -0.05) is 24.3 Å². The number of nitrogens with one attached hydrogen (secondary N) is 2. The van der Waals surface area contributed by atoms with E-state index in [-0.39, 0.29) is 21.2 Å². The molecular formula is C20H15F3N2O3S. The van der Waals surface area contributed by atoms with Gasteiger partial charge in [-0.05, 0) is 54.6 Å². The highest BCUT2D eigenvalue weighted by Crippen LogP contribution is 2.30. The van der Waals surface area contributed by atoms with Crippen LogP contribution in [0, 0.1) is 0 Å². The first-order valence-electron chi connectivity index (χ1n) is 8.32. The van der Waals surface area contributed by atoms with Crippen molar-refractivity contribution in [1.29, 1.82) is 0 Å². The third-order valence-electron chi connectivity index (χ3n) is 3.93. The summed E-state index contributed by atoms with van der Waals surface area (Å²) in [6.45, 7) is 0. The minimum atomic E-state index is -4.47. The summed E-state index contributed by atoms with van der Waals surface area (Å²) in [4.78, 5) is 12.2. The normalized spacial score (nSPS) is 11.7. The molecule has 29 heavy (non-hydrogen) atoms. The first-order valence-corrected chi connectivity index (χ1v) is 9.80. The fourth-order valence-electron chi connectivity index (χ4n) is 2.51. The summed E-state index contributed by atoms with van der Waals surface area (Å²) in [5.41, 5.74) is -0.461. The smallest absolute Gasteiger partial charge is 0.308 e. The van der Waals surface area contributed by atoms with Crippen LogP contribution in [-0.4, -0.2) is 14.4 Å². The van der Waals surface area contributed by atoms with Gasteiger partial charge in [0.25, 0.3) is 0 Å². The second-order valence-corrected chi connectivity index (χ2v) is 7.95. The Morgan fingerprint density at radius 1 is 0.724 bits per heavy atom. The first-order chi connectivity index (χ1) is 13.7. The van der Waals surface area contributed by atoms with E-state index in [9.17, 15) is 26.4 Å². The number of amides is 2. The van der Waals surface area contributed by atoms with Gasteiger partial charge < -0.3 is 10.6 Å². The van der Waals surface area contributed by atoms with Crippen LogP contribution in [0.25, 0.3) is 0 Å². The maximum absolute atomic E-state index is 12.7. The van der Waals surface area contributed by atoms with E-state index in [0.717, 1.165) is 24.3 Å². The lowest BCUT2D eigenvalue weighted by molar-refractivity contribution is -0.137. The molecule has 0 aliphatic rings. The molecule has 0 saturated carbocycles. The number of rotatable bonds is 4. The average Bonchev–Trinajstić information content (AvgIpc) is 2.68. The Morgan fingerprint density at radius 2 is 1.31 bits per heavy atom. The second kappa shape index (κ2) is 7.96. The molecule has 2 amide bonds. The molecule has 9 heteroatoms. The standard InChI is InChI=1S/C20H15F3N2O3S/c21-20(22,23)14-9-11-15(12-10-14)24-19(26)25-16-5-4-8-18(13-16)29(27,28)17-6-2-1-3-7-17/h1-13H,(H2,24,25,26). The van der Waals surface area contributed by atoms with Crippen LogP contribution in [-0.2, 0) is 16.0 Å². The van der Waals surface area contributed by atoms with Crippen molar-refractivity contribution in [2.24, 2.45) is 0 Å². The predicted molar refractivity (Wildman–Crippen MR) is 102 cm³/mol. The van der Waals surface area contributed by atoms with Crippen molar-refractivity contribution in [3.8, 4) is 0 Å². The molecule has 0 saturated heterocycles. The zero-order valence-electron chi connectivity index (χ0n) is 14.8. The third-order valence-corrected chi connectivity index (χ3v) is 5.69. The molecule has 0 aromatic heterocycles. The average molecular weight is 420 g/mol. The SMILES string of the molecule is O=C(Nc1ccc(C(F)(F)F)cc1)Nc1cccc(S(=O)(=O)c2ccccc2)c1. The number of alkyl halides is 3. The van der Waals surface area contributed by atoms with Crippen molar-refractivity contribution in [1.82, 2.24) is 0 Å². The van der Waals surface area contributed by atoms with Crippen molar-refractivity contribution >= 4 is 27.2 Å². The topological polar surface area (TPSA) is 75.3 Å². The predicted octanol–water partition coefficient (Wildman–Crippen LogP) is 5.18. The Balaban J connectivity index is 1.73. The Labute approximate surface area is 165 Å². The van der Waals surface area contributed by atoms with Gasteiger partial charge in [0.05, 0.1) is 15.4 Å². The fourth-order valence-corrected chi connectivity index (χ4v) is 3.84. The van der Waals surface area contributed by atoms with Crippen molar-refractivity contribution < 1.29 is 26.4 Å². The van der Waals surface area contributed by atoms with E-state index in [1.54, 1.807) is 18.2 Å². The van der Waals surface area contributed by atoms with Crippen molar-refractivity contribution in [2.45, 2.75) is 16.0 Å². The summed E-state index contributed by atoms with van der Waals surface area (Å²) in [6.07, 6.45) is -4.47. The zero-order valence-corrected chi connectivity index (χ0v) is 15.6. The molecule has 2 N–H and O–H groups in total. The molecule has 0 aliphatic carbocycles. The molecule has 0 atom stereocenters. The van der Waals surface area contributed by atoms with Gasteiger partial charge >= 0.3 is 12.2 Å². The number of carbonyl (C=O) groups is 1. The van der Waals surface area contributed by atoms with Gasteiger partial charge in [-0.15, -0.1) is 0 Å². The van der Waals surface area contributed by atoms with Crippen LogP contribution in [0.15, 0.2) is 88.7 Å². The Hall–Kier alpha value is -3.33. The van der Waals surface area contributed by atoms with E-state index in [2.05, 4.69) is 10.6 Å². The molecule has 0 bridgehead atoms. The summed E-state index contributed by atoms with van der Waals surface area (Å²) >= 11 is 0. The fraction of sp³-hybridized carbons (Fsp3) is 0.0500. The summed E-state index contributed by atoms with van der Waals surface area (Å²) in [5, 5.41) is 4.85. The molecule has 0 spiro atoms. The van der Waals surface area contributed by atoms with Gasteiger partial charge in [0, 0.05) is 11.4 Å². The van der Waals surface area contributed by atoms with E-state index in [1.807, 2.05) is 0 Å². The number of urea groups is 1. The summed E-state index contributed by atoms with van der Waals surface area (Å²) < 4.78 is 63.0. The summed E-state index contributed by atoms with van der Waals surface area (Å²) in [6, 6.07) is 16.7. The lowest BCUT2D eigenvalue weighted by Gasteiger charge is -2.11. The lowest BCUT2D eigenvalue weighted by Crippen LogP contribution is -2.19. The monoisotopic (exact) mass is 420 g/mol. The molecule has 0 radical (unpaired) electrons. The molecule has 3 rings (SSSR count). The largest absolute Gasteiger partial charge is 0.416 e. The number of sulfone groups is 1. The van der Waals surface area contributed by atoms with Crippen LogP contribution in [0.3, 0.4) is 0 Å². The van der Waals surface area contributed by atoms with Crippen molar-refractivity contribution in [3.05, 3.63) is 84.4 Å². The summed E-state index contributed by atoms with van der Waals surface area (Å²) in [7, 11) is -3.75. The molecule has 3 aromatic carbocycles. The highest BCUT2D eigenvalue weighted by Gasteiger charge is 2.30. The molecule has 5 nitrogen and oxygen atoms in total. The van der Waals surface area contributed by atoms with Gasteiger partial charge in [0.15, 0.2) is 0 Å². The lowest BCUT2D eigenvalue weighted by atomic mass is 10.2. The van der Waals surface area contributed by atoms with Gasteiger partial charge in [-0.25, -0.2) is 13.2 Å². The van der Waals surface area contributed by atoms with Crippen LogP contribution >= 0.6 is 0 Å². The van der Waals surface area contributed by atoms with E-state index >= 15 is 0 Å². The Bertz CT molecular complexity index is 1110. The van der Waals surface area contributed by atoms with Crippen LogP contribution in [0.5, 0.6) is 0 Å². The molecule has 0 unspecified atom stereocenters. The van der Waals surface area contributed by atoms with Crippen molar-refractivity contribution in [3.63, 3.8) is 0 Å². The van der Waals surface area contributed by atoms with E-state index in [4.69, 9.17) is 0 Å². The van der Waals surface area contributed by atoms with Crippen LogP contribution in [0.2, 0.25) is 0 Å². The summed E-state index contributed by atoms with van der Waals surface area (Å²) in [5.74, 6) is 0. The highest BCUT2D eigenvalue weighted by molar-refractivity contribution is 7.91. The third kappa shape index (κ3) is 4.94. The Kier molecular flexibility index (Phi) is 5.60. The number of benzene rings is 3. The number of anilines is 2. The highest BCUT2D eigenvalue weighted by atomic mass is 32.2. The minimum Gasteiger partial charge on any atom is -0.308 e. The molecular weight excluding hydrogens is 405 g/mol. The van der Waals surface area contributed by atoms with Gasteiger partial charge in [-0.3, -0.25) is 0 Å². The van der Waals surface area contributed by atoms with Crippen LogP contribution < -0.4 is 10.6 Å². The number of carbonyl (C=O) groups excluding carboxylic acids is 1. The minimum absolute atomic E-state index is 0.00368. The quantitative estimate of drug-likeness (QED) is 0.611. The number of halogens is 3. The molecule has 0 fully saturated rings. The number of hydrogen-bond acceptors (Lipinski definition) is 3. The molecule has 150 valence electrons. The van der Waals surface area contributed by atoms with Crippen LogP contribution in [0.4, 0.5) is 29.3 Å². The molecule has 3 aromatic rings. The van der Waals surface area contributed by atoms with Gasteiger partial charge in [0.2, 0.25) is 9.84 Å². The van der Waals surface area contributed by atoms with Gasteiger partial charge in [-0.2, -0.15) is 13.2 Å². The van der Waals surface area contributed by atoms with E-state index in [1.165, 1.54) is 36.4 Å². The van der Waals surface area contributed by atoms with E-state index in [0.29, 0.717) is 0 Å². The van der Waals surface area contributed by atoms with Crippen LogP contribution in [0.1, 0.15) is 5.56 Å². The maximum atomic E-state index is 12.7. The molecule has 0 heterocycles.